The fourth-order valence-electron chi connectivity index (χ4n) is 7.13. The van der Waals surface area contributed by atoms with E-state index in [0.29, 0.717) is 13.1 Å². The van der Waals surface area contributed by atoms with E-state index in [4.69, 9.17) is 16.1 Å². The molecule has 0 atom stereocenters. The van der Waals surface area contributed by atoms with Gasteiger partial charge in [0.2, 0.25) is 5.91 Å². The van der Waals surface area contributed by atoms with Crippen LogP contribution in [-0.4, -0.2) is 52.9 Å². The zero-order chi connectivity index (χ0) is 34.6. The summed E-state index contributed by atoms with van der Waals surface area (Å²) in [6.07, 6.45) is 4.11. The van der Waals surface area contributed by atoms with E-state index in [9.17, 15) is 4.79 Å². The van der Waals surface area contributed by atoms with Crippen molar-refractivity contribution in [2.75, 3.05) is 36.5 Å². The molecule has 2 heterocycles. The van der Waals surface area contributed by atoms with Crippen molar-refractivity contribution < 1.29 is 4.79 Å². The Morgan fingerprint density at radius 1 is 0.827 bits per heavy atom. The van der Waals surface area contributed by atoms with Gasteiger partial charge in [-0.25, -0.2) is 4.98 Å². The molecule has 1 aromatic heterocycles. The maximum Gasteiger partial charge on any atom is 0.241 e. The highest BCUT2D eigenvalue weighted by atomic mass is 35.5. The van der Waals surface area contributed by atoms with Gasteiger partial charge in [-0.15, -0.1) is 24.8 Å². The van der Waals surface area contributed by atoms with E-state index in [1.165, 1.54) is 29.7 Å². The number of hydrogen-bond acceptors (Lipinski definition) is 5. The van der Waals surface area contributed by atoms with Gasteiger partial charge < -0.3 is 20.1 Å². The molecule has 0 aliphatic carbocycles. The number of amides is 1. The first-order valence-corrected chi connectivity index (χ1v) is 17.5. The third kappa shape index (κ3) is 8.59. The summed E-state index contributed by atoms with van der Waals surface area (Å²) in [7, 11) is 4.07. The number of nitrogens with two attached hydrogens (primary N) is 1. The Kier molecular flexibility index (Phi) is 12.6. The van der Waals surface area contributed by atoms with Crippen LogP contribution in [-0.2, 0) is 37.8 Å². The number of benzene rings is 5. The predicted molar refractivity (Wildman–Crippen MR) is 219 cm³/mol. The summed E-state index contributed by atoms with van der Waals surface area (Å²) in [6.45, 7) is 3.69. The molecule has 1 fully saturated rings. The van der Waals surface area contributed by atoms with Gasteiger partial charge in [0, 0.05) is 50.0 Å². The number of fused-ring (bicyclic) bond motifs is 2. The van der Waals surface area contributed by atoms with E-state index in [-0.39, 0.29) is 43.1 Å². The number of aromatic nitrogens is 2. The summed E-state index contributed by atoms with van der Waals surface area (Å²) in [5, 5.41) is 9.96. The number of carbonyl (C=O) groups excluding carboxylic acids is 1. The van der Waals surface area contributed by atoms with Crippen LogP contribution in [0.3, 0.4) is 0 Å². The summed E-state index contributed by atoms with van der Waals surface area (Å²) in [5.74, 6) is 1.10. The van der Waals surface area contributed by atoms with Gasteiger partial charge in [0.05, 0.1) is 24.1 Å². The molecule has 0 radical (unpaired) electrons. The van der Waals surface area contributed by atoms with Crippen LogP contribution in [0.4, 0.5) is 11.4 Å². The normalized spacial score (nSPS) is 12.6. The Labute approximate surface area is 318 Å². The van der Waals surface area contributed by atoms with E-state index in [2.05, 4.69) is 100 Å². The molecule has 1 aliphatic rings. The number of nitrogen functional groups attached to an aromatic ring is 1. The molecule has 7 rings (SSSR count). The summed E-state index contributed by atoms with van der Waals surface area (Å²) >= 11 is 0. The highest BCUT2D eigenvalue weighted by molar-refractivity contribution is 5.98. The standard InChI is InChI=1S/C42H45N7O.2ClH/c1-46(27-31-14-19-35(20-15-31)48-24-5-6-25-48)29-41(50)49(28-34-10-7-9-32-8-3-4-11-37(32)34)36-21-22-39-38(26-36)45-40(47(39)2)23-16-30-12-17-33(18-13-30)42(43)44;;/h3-4,7-15,17-22,26H,5-6,16,23-25,27-29H2,1-2H3,(H3,43,44);2*1H. The molecule has 5 aromatic carbocycles. The highest BCUT2D eigenvalue weighted by Gasteiger charge is 2.21. The minimum absolute atomic E-state index is 0. The molecule has 0 bridgehead atoms. The Hall–Kier alpha value is -4.89. The lowest BCUT2D eigenvalue weighted by Crippen LogP contribution is -2.38. The summed E-state index contributed by atoms with van der Waals surface area (Å²) in [4.78, 5) is 25.8. The maximum atomic E-state index is 14.3. The van der Waals surface area contributed by atoms with E-state index in [1.807, 2.05) is 42.3 Å². The quantitative estimate of drug-likeness (QED) is 0.0985. The van der Waals surface area contributed by atoms with Gasteiger partial charge in [0.25, 0.3) is 0 Å². The molecule has 0 spiro atoms. The molecule has 6 aromatic rings. The fourth-order valence-corrected chi connectivity index (χ4v) is 7.13. The van der Waals surface area contributed by atoms with Crippen molar-refractivity contribution in [1.29, 1.82) is 5.41 Å². The van der Waals surface area contributed by atoms with Gasteiger partial charge in [-0.05, 0) is 84.1 Å². The van der Waals surface area contributed by atoms with Crippen molar-refractivity contribution >= 4 is 69.7 Å². The van der Waals surface area contributed by atoms with E-state index in [0.717, 1.165) is 70.4 Å². The zero-order valence-electron chi connectivity index (χ0n) is 29.8. The second-order valence-corrected chi connectivity index (χ2v) is 13.5. The van der Waals surface area contributed by atoms with Crippen molar-refractivity contribution in [2.24, 2.45) is 12.8 Å². The van der Waals surface area contributed by atoms with Crippen molar-refractivity contribution in [2.45, 2.75) is 38.8 Å². The summed E-state index contributed by atoms with van der Waals surface area (Å²) in [5.41, 5.74) is 13.8. The number of nitrogens with zero attached hydrogens (tertiary/aromatic N) is 5. The number of anilines is 2. The smallest absolute Gasteiger partial charge is 0.241 e. The summed E-state index contributed by atoms with van der Waals surface area (Å²) < 4.78 is 2.14. The Morgan fingerprint density at radius 2 is 1.52 bits per heavy atom. The number of halogens is 2. The molecule has 3 N–H and O–H groups in total. The lowest BCUT2D eigenvalue weighted by molar-refractivity contribution is -0.119. The van der Waals surface area contributed by atoms with Crippen LogP contribution < -0.4 is 15.5 Å². The third-order valence-electron chi connectivity index (χ3n) is 9.95. The minimum Gasteiger partial charge on any atom is -0.384 e. The van der Waals surface area contributed by atoms with Crippen molar-refractivity contribution in [1.82, 2.24) is 14.5 Å². The highest BCUT2D eigenvalue weighted by Crippen LogP contribution is 2.28. The first-order valence-electron chi connectivity index (χ1n) is 17.5. The second-order valence-electron chi connectivity index (χ2n) is 13.5. The van der Waals surface area contributed by atoms with Crippen LogP contribution in [0, 0.1) is 5.41 Å². The Morgan fingerprint density at radius 3 is 2.25 bits per heavy atom. The number of imidazole rings is 1. The van der Waals surface area contributed by atoms with Crippen molar-refractivity contribution in [3.8, 4) is 0 Å². The Bertz CT molecular complexity index is 2140. The number of nitrogens with one attached hydrogen (secondary N) is 1. The topological polar surface area (TPSA) is 94.5 Å². The molecule has 0 unspecified atom stereocenters. The number of carbonyl (C=O) groups is 1. The van der Waals surface area contributed by atoms with Gasteiger partial charge in [0.1, 0.15) is 11.7 Å². The first kappa shape index (κ1) is 38.3. The van der Waals surface area contributed by atoms with Gasteiger partial charge in [0.15, 0.2) is 0 Å². The van der Waals surface area contributed by atoms with Crippen LogP contribution >= 0.6 is 24.8 Å². The van der Waals surface area contributed by atoms with Crippen LogP contribution in [0.1, 0.15) is 40.9 Å². The third-order valence-corrected chi connectivity index (χ3v) is 9.95. The molecule has 270 valence electrons. The van der Waals surface area contributed by atoms with E-state index < -0.39 is 0 Å². The zero-order valence-corrected chi connectivity index (χ0v) is 31.4. The van der Waals surface area contributed by atoms with Crippen molar-refractivity contribution in [3.63, 3.8) is 0 Å². The number of aryl methyl sites for hydroxylation is 3. The molecule has 52 heavy (non-hydrogen) atoms. The minimum atomic E-state index is 0. The number of amidine groups is 1. The first-order chi connectivity index (χ1) is 24.3. The van der Waals surface area contributed by atoms with E-state index in [1.54, 1.807) is 0 Å². The maximum absolute atomic E-state index is 14.3. The van der Waals surface area contributed by atoms with Crippen LogP contribution in [0.15, 0.2) is 109 Å². The van der Waals surface area contributed by atoms with Crippen molar-refractivity contribution in [3.05, 3.63) is 137 Å². The van der Waals surface area contributed by atoms with Crippen LogP contribution in [0.5, 0.6) is 0 Å². The SMILES string of the molecule is CN(CC(=O)N(Cc1cccc2ccccc12)c1ccc2c(c1)nc(CCc1ccc(C(=N)N)cc1)n2C)Cc1ccc(N2CCCC2)cc1.Cl.Cl. The second kappa shape index (κ2) is 17.1. The lowest BCUT2D eigenvalue weighted by atomic mass is 10.0. The lowest BCUT2D eigenvalue weighted by Gasteiger charge is -2.27. The predicted octanol–water partition coefficient (Wildman–Crippen LogP) is 7.90. The molecule has 10 heteroatoms. The number of rotatable bonds is 12. The number of likely N-dealkylation sites (N-methyl/N-ethyl adjacent to an activating group) is 1. The molecular weight excluding hydrogens is 689 g/mol. The molecule has 1 saturated heterocycles. The van der Waals surface area contributed by atoms with Gasteiger partial charge >= 0.3 is 0 Å². The Balaban J connectivity index is 0.00000261. The molecule has 1 aliphatic heterocycles. The average Bonchev–Trinajstić information content (AvgIpc) is 3.78. The fraction of sp³-hybridized carbons (Fsp3) is 0.262. The van der Waals surface area contributed by atoms with Crippen LogP contribution in [0.25, 0.3) is 21.8 Å². The monoisotopic (exact) mass is 735 g/mol. The van der Waals surface area contributed by atoms with Crippen LogP contribution in [0.2, 0.25) is 0 Å². The van der Waals surface area contributed by atoms with Gasteiger partial charge in [-0.3, -0.25) is 15.1 Å². The number of hydrogen-bond donors (Lipinski definition) is 2. The molecule has 0 saturated carbocycles. The molecular formula is C42H47Cl2N7O. The molecule has 8 nitrogen and oxygen atoms in total. The van der Waals surface area contributed by atoms with Gasteiger partial charge in [-0.2, -0.15) is 0 Å². The van der Waals surface area contributed by atoms with E-state index >= 15 is 0 Å². The average molecular weight is 737 g/mol. The summed E-state index contributed by atoms with van der Waals surface area (Å²) in [6, 6.07) is 37.5. The molecule has 1 amide bonds. The van der Waals surface area contributed by atoms with Gasteiger partial charge in [-0.1, -0.05) is 78.9 Å². The largest absolute Gasteiger partial charge is 0.384 e.